The van der Waals surface area contributed by atoms with Crippen LogP contribution in [0.2, 0.25) is 0 Å². The first-order chi connectivity index (χ1) is 16.7. The first-order valence-corrected chi connectivity index (χ1v) is 12.4. The van der Waals surface area contributed by atoms with Gasteiger partial charge in [0.1, 0.15) is 16.3 Å². The number of aliphatic hydroxyl groups excluding tert-OH is 1. The van der Waals surface area contributed by atoms with Crippen molar-refractivity contribution >= 4 is 34.0 Å². The molecule has 3 aromatic heterocycles. The van der Waals surface area contributed by atoms with E-state index in [4.69, 9.17) is 0 Å². The standard InChI is InChI=1S/C23H31N7O4S/c1-23(2,3)17(13-31)27-18-11-16(20(32)29-7-5-14(6-8-29)25-22(33)34-4)26-19(28-18)15-12-24-30-9-10-35-21(15)30/h9-12,14,17,31H,5-8,13H2,1-4H3,(H,25,33)(H,26,27,28). The number of carbonyl (C=O) groups is 2. The Balaban J connectivity index is 1.62. The van der Waals surface area contributed by atoms with Crippen molar-refractivity contribution in [2.24, 2.45) is 5.41 Å². The highest BCUT2D eigenvalue weighted by Gasteiger charge is 2.28. The fraction of sp³-hybridized carbons (Fsp3) is 0.522. The van der Waals surface area contributed by atoms with E-state index in [2.05, 4.69) is 30.4 Å². The molecule has 11 nitrogen and oxygen atoms in total. The van der Waals surface area contributed by atoms with Crippen molar-refractivity contribution < 1.29 is 19.4 Å². The van der Waals surface area contributed by atoms with E-state index < -0.39 is 6.09 Å². The number of nitrogens with zero attached hydrogens (tertiary/aromatic N) is 5. The number of aromatic nitrogens is 4. The van der Waals surface area contributed by atoms with Crippen LogP contribution < -0.4 is 10.6 Å². The first-order valence-electron chi connectivity index (χ1n) is 11.5. The summed E-state index contributed by atoms with van der Waals surface area (Å²) in [5.74, 6) is 0.647. The number of piperidine rings is 1. The van der Waals surface area contributed by atoms with Crippen LogP contribution in [0.4, 0.5) is 10.6 Å². The number of alkyl carbamates (subject to hydrolysis) is 1. The summed E-state index contributed by atoms with van der Waals surface area (Å²) in [6.07, 6.45) is 4.32. The minimum absolute atomic E-state index is 0.0404. The second-order valence-electron chi connectivity index (χ2n) is 9.62. The number of thiazole rings is 1. The molecule has 0 saturated carbocycles. The van der Waals surface area contributed by atoms with Crippen LogP contribution in [0.3, 0.4) is 0 Å². The Kier molecular flexibility index (Phi) is 7.22. The van der Waals surface area contributed by atoms with E-state index in [9.17, 15) is 14.7 Å². The molecule has 1 aliphatic heterocycles. The maximum atomic E-state index is 13.5. The summed E-state index contributed by atoms with van der Waals surface area (Å²) in [6.45, 7) is 6.95. The molecule has 2 amide bonds. The molecule has 0 aromatic carbocycles. The van der Waals surface area contributed by atoms with Gasteiger partial charge in [0.2, 0.25) is 0 Å². The second kappa shape index (κ2) is 10.2. The molecule has 1 saturated heterocycles. The second-order valence-corrected chi connectivity index (χ2v) is 10.5. The fourth-order valence-electron chi connectivity index (χ4n) is 3.96. The van der Waals surface area contributed by atoms with E-state index in [0.717, 1.165) is 10.4 Å². The molecule has 4 heterocycles. The number of hydrogen-bond donors (Lipinski definition) is 3. The van der Waals surface area contributed by atoms with Gasteiger partial charge in [-0.05, 0) is 18.3 Å². The predicted octanol–water partition coefficient (Wildman–Crippen LogP) is 2.63. The molecule has 3 N–H and O–H groups in total. The highest BCUT2D eigenvalue weighted by atomic mass is 32.1. The van der Waals surface area contributed by atoms with Crippen LogP contribution in [-0.2, 0) is 4.74 Å². The van der Waals surface area contributed by atoms with Gasteiger partial charge in [0.15, 0.2) is 5.82 Å². The van der Waals surface area contributed by atoms with E-state index in [1.165, 1.54) is 18.4 Å². The number of nitrogens with one attached hydrogen (secondary N) is 2. The lowest BCUT2D eigenvalue weighted by Gasteiger charge is -2.32. The zero-order valence-corrected chi connectivity index (χ0v) is 21.1. The van der Waals surface area contributed by atoms with Gasteiger partial charge < -0.3 is 25.4 Å². The molecule has 0 bridgehead atoms. The van der Waals surface area contributed by atoms with Crippen molar-refractivity contribution in [1.82, 2.24) is 29.8 Å². The molecule has 1 unspecified atom stereocenters. The number of carbonyl (C=O) groups excluding carboxylic acids is 2. The number of hydrogen-bond acceptors (Lipinski definition) is 9. The minimum Gasteiger partial charge on any atom is -0.453 e. The number of aliphatic hydroxyl groups is 1. The van der Waals surface area contributed by atoms with E-state index in [0.29, 0.717) is 37.6 Å². The van der Waals surface area contributed by atoms with Crippen LogP contribution in [0.25, 0.3) is 16.2 Å². The van der Waals surface area contributed by atoms with Gasteiger partial charge in [-0.2, -0.15) is 5.10 Å². The third-order valence-electron chi connectivity index (χ3n) is 6.16. The monoisotopic (exact) mass is 501 g/mol. The van der Waals surface area contributed by atoms with Crippen LogP contribution in [0.5, 0.6) is 0 Å². The zero-order chi connectivity index (χ0) is 25.2. The van der Waals surface area contributed by atoms with Gasteiger partial charge in [-0.25, -0.2) is 19.3 Å². The van der Waals surface area contributed by atoms with Crippen LogP contribution in [0.15, 0.2) is 23.8 Å². The average molecular weight is 502 g/mol. The number of methoxy groups -OCH3 is 1. The zero-order valence-electron chi connectivity index (χ0n) is 20.3. The molecule has 12 heteroatoms. The van der Waals surface area contributed by atoms with Crippen molar-refractivity contribution in [2.75, 3.05) is 32.1 Å². The van der Waals surface area contributed by atoms with E-state index in [-0.39, 0.29) is 35.7 Å². The van der Waals surface area contributed by atoms with Crippen molar-refractivity contribution in [2.45, 2.75) is 45.7 Å². The lowest BCUT2D eigenvalue weighted by Crippen LogP contribution is -2.46. The van der Waals surface area contributed by atoms with Gasteiger partial charge in [0, 0.05) is 36.8 Å². The predicted molar refractivity (Wildman–Crippen MR) is 133 cm³/mol. The Morgan fingerprint density at radius 1 is 1.29 bits per heavy atom. The van der Waals surface area contributed by atoms with Crippen molar-refractivity contribution in [3.8, 4) is 11.4 Å². The molecule has 1 fully saturated rings. The Morgan fingerprint density at radius 3 is 2.69 bits per heavy atom. The average Bonchev–Trinajstić information content (AvgIpc) is 3.45. The summed E-state index contributed by atoms with van der Waals surface area (Å²) < 4.78 is 6.42. The first kappa shape index (κ1) is 24.9. The Bertz CT molecular complexity index is 1190. The summed E-state index contributed by atoms with van der Waals surface area (Å²) >= 11 is 1.51. The molecule has 0 radical (unpaired) electrons. The summed E-state index contributed by atoms with van der Waals surface area (Å²) in [7, 11) is 1.33. The molecular weight excluding hydrogens is 470 g/mol. The molecular formula is C23H31N7O4S. The molecule has 4 rings (SSSR count). The quantitative estimate of drug-likeness (QED) is 0.469. The lowest BCUT2D eigenvalue weighted by atomic mass is 9.87. The lowest BCUT2D eigenvalue weighted by molar-refractivity contribution is 0.0698. The molecule has 1 atom stereocenters. The molecule has 35 heavy (non-hydrogen) atoms. The van der Waals surface area contributed by atoms with Gasteiger partial charge in [0.05, 0.1) is 31.5 Å². The highest BCUT2D eigenvalue weighted by Crippen LogP contribution is 2.28. The van der Waals surface area contributed by atoms with Crippen molar-refractivity contribution in [1.29, 1.82) is 0 Å². The number of ether oxygens (including phenoxy) is 1. The number of fused-ring (bicyclic) bond motifs is 1. The largest absolute Gasteiger partial charge is 0.453 e. The summed E-state index contributed by atoms with van der Waals surface area (Å²) in [6, 6.07) is 1.32. The smallest absolute Gasteiger partial charge is 0.407 e. The Labute approximate surface area is 207 Å². The molecule has 3 aromatic rings. The highest BCUT2D eigenvalue weighted by molar-refractivity contribution is 7.16. The number of anilines is 1. The topological polar surface area (TPSA) is 134 Å². The maximum absolute atomic E-state index is 13.5. The van der Waals surface area contributed by atoms with Crippen LogP contribution in [0.1, 0.15) is 44.1 Å². The SMILES string of the molecule is COC(=O)NC1CCN(C(=O)c2cc(NC(CO)C(C)(C)C)nc(-c3cnn4ccsc34)n2)CC1. The normalized spacial score (nSPS) is 15.7. The third-order valence-corrected chi connectivity index (χ3v) is 7.05. The van der Waals surface area contributed by atoms with Gasteiger partial charge in [-0.15, -0.1) is 11.3 Å². The summed E-state index contributed by atoms with van der Waals surface area (Å²) in [4.78, 5) is 36.9. The van der Waals surface area contributed by atoms with E-state index >= 15 is 0 Å². The van der Waals surface area contributed by atoms with Crippen LogP contribution >= 0.6 is 11.3 Å². The summed E-state index contributed by atoms with van der Waals surface area (Å²) in [5.41, 5.74) is 0.755. The molecule has 1 aliphatic rings. The third kappa shape index (κ3) is 5.54. The fourth-order valence-corrected chi connectivity index (χ4v) is 4.75. The summed E-state index contributed by atoms with van der Waals surface area (Å²) in [5, 5.41) is 22.3. The van der Waals surface area contributed by atoms with E-state index in [1.54, 1.807) is 21.7 Å². The Morgan fingerprint density at radius 2 is 2.03 bits per heavy atom. The van der Waals surface area contributed by atoms with Gasteiger partial charge in [-0.3, -0.25) is 4.79 Å². The van der Waals surface area contributed by atoms with Crippen LogP contribution in [0, 0.1) is 5.41 Å². The van der Waals surface area contributed by atoms with Gasteiger partial charge in [-0.1, -0.05) is 20.8 Å². The maximum Gasteiger partial charge on any atom is 0.407 e. The Hall–Kier alpha value is -3.25. The van der Waals surface area contributed by atoms with Gasteiger partial charge >= 0.3 is 6.09 Å². The van der Waals surface area contributed by atoms with Gasteiger partial charge in [0.25, 0.3) is 5.91 Å². The number of rotatable bonds is 6. The minimum atomic E-state index is -0.468. The van der Waals surface area contributed by atoms with Crippen LogP contribution in [-0.4, -0.2) is 80.5 Å². The van der Waals surface area contributed by atoms with Crippen molar-refractivity contribution in [3.63, 3.8) is 0 Å². The molecule has 0 spiro atoms. The molecule has 188 valence electrons. The van der Waals surface area contributed by atoms with E-state index in [1.807, 2.05) is 32.3 Å². The molecule has 0 aliphatic carbocycles. The number of amides is 2. The van der Waals surface area contributed by atoms with Crippen molar-refractivity contribution in [3.05, 3.63) is 29.5 Å². The number of likely N-dealkylation sites (tertiary alicyclic amines) is 1.